The molecule has 0 heterocycles. The van der Waals surface area contributed by atoms with E-state index in [2.05, 4.69) is 35.0 Å². The van der Waals surface area contributed by atoms with Crippen LogP contribution in [0.25, 0.3) is 0 Å². The van der Waals surface area contributed by atoms with Crippen molar-refractivity contribution in [2.45, 2.75) is 32.3 Å². The van der Waals surface area contributed by atoms with Crippen LogP contribution in [-0.4, -0.2) is 5.11 Å². The second kappa shape index (κ2) is 5.89. The Labute approximate surface area is 123 Å². The highest BCUT2D eigenvalue weighted by Gasteiger charge is 2.24. The summed E-state index contributed by atoms with van der Waals surface area (Å²) in [5, 5.41) is 10.7. The Hall–Kier alpha value is -1.12. The SMILES string of the molecule is CCc1ccc(C(C)(O)Cc2ccccc2Br)cc1. The molecule has 0 bridgehead atoms. The molecule has 1 N–H and O–H groups in total. The Kier molecular flexibility index (Phi) is 4.43. The largest absolute Gasteiger partial charge is 0.385 e. The molecule has 2 heteroatoms. The van der Waals surface area contributed by atoms with Gasteiger partial charge in [0.25, 0.3) is 0 Å². The Morgan fingerprint density at radius 1 is 1.05 bits per heavy atom. The lowest BCUT2D eigenvalue weighted by Gasteiger charge is -2.25. The van der Waals surface area contributed by atoms with Crippen LogP contribution in [-0.2, 0) is 18.4 Å². The van der Waals surface area contributed by atoms with E-state index in [1.165, 1.54) is 5.56 Å². The summed E-state index contributed by atoms with van der Waals surface area (Å²) in [6.07, 6.45) is 1.62. The Balaban J connectivity index is 2.24. The van der Waals surface area contributed by atoms with Crippen molar-refractivity contribution in [1.29, 1.82) is 0 Å². The average Bonchev–Trinajstić information content (AvgIpc) is 2.41. The number of aliphatic hydroxyl groups is 1. The normalized spacial score (nSPS) is 14.1. The molecule has 1 atom stereocenters. The molecule has 100 valence electrons. The zero-order valence-corrected chi connectivity index (χ0v) is 12.9. The van der Waals surface area contributed by atoms with Crippen molar-refractivity contribution in [2.75, 3.05) is 0 Å². The highest BCUT2D eigenvalue weighted by molar-refractivity contribution is 9.10. The van der Waals surface area contributed by atoms with Gasteiger partial charge in [0.2, 0.25) is 0 Å². The van der Waals surface area contributed by atoms with Gasteiger partial charge >= 0.3 is 0 Å². The number of benzene rings is 2. The fraction of sp³-hybridized carbons (Fsp3) is 0.294. The Morgan fingerprint density at radius 2 is 1.68 bits per heavy atom. The number of hydrogen-bond donors (Lipinski definition) is 1. The molecule has 1 nitrogen and oxygen atoms in total. The number of hydrogen-bond acceptors (Lipinski definition) is 1. The van der Waals surface area contributed by atoms with E-state index < -0.39 is 5.60 Å². The smallest absolute Gasteiger partial charge is 0.0909 e. The summed E-state index contributed by atoms with van der Waals surface area (Å²) >= 11 is 3.53. The zero-order chi connectivity index (χ0) is 13.9. The molecule has 0 aliphatic carbocycles. The van der Waals surface area contributed by atoms with Crippen LogP contribution in [0.4, 0.5) is 0 Å². The van der Waals surface area contributed by atoms with Gasteiger partial charge in [-0.2, -0.15) is 0 Å². The van der Waals surface area contributed by atoms with Gasteiger partial charge in [0, 0.05) is 10.9 Å². The first-order valence-electron chi connectivity index (χ1n) is 6.58. The molecule has 2 aromatic carbocycles. The lowest BCUT2D eigenvalue weighted by molar-refractivity contribution is 0.0574. The van der Waals surface area contributed by atoms with Gasteiger partial charge in [0.15, 0.2) is 0 Å². The summed E-state index contributed by atoms with van der Waals surface area (Å²) in [5.41, 5.74) is 2.52. The van der Waals surface area contributed by atoms with Gasteiger partial charge in [0.05, 0.1) is 5.60 Å². The second-order valence-corrected chi connectivity index (χ2v) is 5.95. The van der Waals surface area contributed by atoms with Gasteiger partial charge in [0.1, 0.15) is 0 Å². The van der Waals surface area contributed by atoms with E-state index in [9.17, 15) is 5.11 Å². The van der Waals surface area contributed by atoms with Gasteiger partial charge in [-0.25, -0.2) is 0 Å². The van der Waals surface area contributed by atoms with Gasteiger partial charge in [-0.15, -0.1) is 0 Å². The number of halogens is 1. The van der Waals surface area contributed by atoms with Gasteiger partial charge < -0.3 is 5.11 Å². The molecule has 1 unspecified atom stereocenters. The molecule has 0 spiro atoms. The Morgan fingerprint density at radius 3 is 2.26 bits per heavy atom. The molecular formula is C17H19BrO. The average molecular weight is 319 g/mol. The Bertz CT molecular complexity index is 543. The molecule has 0 fully saturated rings. The predicted molar refractivity (Wildman–Crippen MR) is 83.2 cm³/mol. The third-order valence-corrected chi connectivity index (χ3v) is 4.25. The molecule has 0 aliphatic rings. The molecule has 2 rings (SSSR count). The summed E-state index contributed by atoms with van der Waals surface area (Å²) < 4.78 is 1.04. The lowest BCUT2D eigenvalue weighted by Crippen LogP contribution is -2.24. The van der Waals surface area contributed by atoms with Gasteiger partial charge in [-0.05, 0) is 36.1 Å². The quantitative estimate of drug-likeness (QED) is 0.882. The first kappa shape index (κ1) is 14.3. The lowest BCUT2D eigenvalue weighted by atomic mass is 9.88. The van der Waals surface area contributed by atoms with Crippen LogP contribution in [0.2, 0.25) is 0 Å². The summed E-state index contributed by atoms with van der Waals surface area (Å²) in [6, 6.07) is 16.2. The summed E-state index contributed by atoms with van der Waals surface area (Å²) in [6.45, 7) is 4.00. The van der Waals surface area contributed by atoms with E-state index in [1.54, 1.807) is 0 Å². The fourth-order valence-corrected chi connectivity index (χ4v) is 2.64. The number of aryl methyl sites for hydroxylation is 1. The maximum atomic E-state index is 10.7. The van der Waals surface area contributed by atoms with E-state index in [0.717, 1.165) is 22.0 Å². The molecule has 0 aromatic heterocycles. The zero-order valence-electron chi connectivity index (χ0n) is 11.4. The van der Waals surface area contributed by atoms with Crippen LogP contribution >= 0.6 is 15.9 Å². The highest BCUT2D eigenvalue weighted by atomic mass is 79.9. The van der Waals surface area contributed by atoms with Crippen LogP contribution in [0, 0.1) is 0 Å². The van der Waals surface area contributed by atoms with Crippen molar-refractivity contribution in [3.63, 3.8) is 0 Å². The van der Waals surface area contributed by atoms with E-state index in [1.807, 2.05) is 43.3 Å². The van der Waals surface area contributed by atoms with Crippen LogP contribution in [0.3, 0.4) is 0 Å². The predicted octanol–water partition coefficient (Wildman–Crippen LogP) is 4.46. The summed E-state index contributed by atoms with van der Waals surface area (Å²) in [4.78, 5) is 0. The minimum Gasteiger partial charge on any atom is -0.385 e. The third-order valence-electron chi connectivity index (χ3n) is 3.48. The van der Waals surface area contributed by atoms with Crippen LogP contribution in [0.15, 0.2) is 53.0 Å². The van der Waals surface area contributed by atoms with E-state index in [0.29, 0.717) is 6.42 Å². The van der Waals surface area contributed by atoms with Crippen molar-refractivity contribution >= 4 is 15.9 Å². The molecule has 0 amide bonds. The number of rotatable bonds is 4. The van der Waals surface area contributed by atoms with Crippen LogP contribution in [0.5, 0.6) is 0 Å². The summed E-state index contributed by atoms with van der Waals surface area (Å²) in [5.74, 6) is 0. The van der Waals surface area contributed by atoms with Crippen LogP contribution in [0.1, 0.15) is 30.5 Å². The molecule has 0 aliphatic heterocycles. The molecule has 2 aromatic rings. The summed E-state index contributed by atoms with van der Waals surface area (Å²) in [7, 11) is 0. The molecule has 19 heavy (non-hydrogen) atoms. The maximum Gasteiger partial charge on any atom is 0.0909 e. The van der Waals surface area contributed by atoms with E-state index in [-0.39, 0.29) is 0 Å². The second-order valence-electron chi connectivity index (χ2n) is 5.09. The van der Waals surface area contributed by atoms with Crippen molar-refractivity contribution in [1.82, 2.24) is 0 Å². The topological polar surface area (TPSA) is 20.2 Å². The maximum absolute atomic E-state index is 10.7. The minimum absolute atomic E-state index is 0.597. The van der Waals surface area contributed by atoms with Gasteiger partial charge in [-0.1, -0.05) is 65.3 Å². The van der Waals surface area contributed by atoms with Crippen LogP contribution < -0.4 is 0 Å². The molecule has 0 saturated heterocycles. The first-order valence-corrected chi connectivity index (χ1v) is 7.37. The molecule has 0 radical (unpaired) electrons. The van der Waals surface area contributed by atoms with Crippen molar-refractivity contribution in [3.05, 3.63) is 69.7 Å². The fourth-order valence-electron chi connectivity index (χ4n) is 2.21. The monoisotopic (exact) mass is 318 g/mol. The van der Waals surface area contributed by atoms with E-state index >= 15 is 0 Å². The molecule has 0 saturated carbocycles. The standard InChI is InChI=1S/C17H19BrO/c1-3-13-8-10-15(11-9-13)17(2,19)12-14-6-4-5-7-16(14)18/h4-11,19H,3,12H2,1-2H3. The van der Waals surface area contributed by atoms with Crippen molar-refractivity contribution < 1.29 is 5.11 Å². The first-order chi connectivity index (χ1) is 9.03. The van der Waals surface area contributed by atoms with Crippen molar-refractivity contribution in [3.8, 4) is 0 Å². The van der Waals surface area contributed by atoms with Gasteiger partial charge in [-0.3, -0.25) is 0 Å². The van der Waals surface area contributed by atoms with E-state index in [4.69, 9.17) is 0 Å². The minimum atomic E-state index is -0.851. The third kappa shape index (κ3) is 3.46. The highest BCUT2D eigenvalue weighted by Crippen LogP contribution is 2.28. The van der Waals surface area contributed by atoms with Crippen molar-refractivity contribution in [2.24, 2.45) is 0 Å². The molecular weight excluding hydrogens is 300 g/mol.